The van der Waals surface area contributed by atoms with Crippen molar-refractivity contribution in [1.82, 2.24) is 0 Å². The van der Waals surface area contributed by atoms with Gasteiger partial charge in [-0.3, -0.25) is 0 Å². The number of esters is 1. The first-order chi connectivity index (χ1) is 11.2. The van der Waals surface area contributed by atoms with E-state index in [1.165, 1.54) is 0 Å². The molecule has 0 amide bonds. The molecule has 0 aromatic heterocycles. The molecule has 6 heteroatoms. The first-order valence-corrected chi connectivity index (χ1v) is 9.06. The van der Waals surface area contributed by atoms with Gasteiger partial charge in [0.25, 0.3) is 0 Å². The van der Waals surface area contributed by atoms with Crippen LogP contribution in [0.3, 0.4) is 0 Å². The lowest BCUT2D eigenvalue weighted by Crippen LogP contribution is -2.55. The Hall–Kier alpha value is -0.690. The first-order valence-electron chi connectivity index (χ1n) is 9.06. The number of hydrogen-bond donors (Lipinski definition) is 0. The summed E-state index contributed by atoms with van der Waals surface area (Å²) in [7, 11) is 0. The van der Waals surface area contributed by atoms with E-state index in [9.17, 15) is 4.79 Å². The van der Waals surface area contributed by atoms with Gasteiger partial charge in [0.05, 0.1) is 5.60 Å². The number of carbonyl (C=O) groups excluding carboxylic acids is 1. The highest BCUT2D eigenvalue weighted by atomic mass is 16.9. The van der Waals surface area contributed by atoms with Crippen molar-refractivity contribution in [3.63, 3.8) is 0 Å². The minimum absolute atomic E-state index is 0.279. The highest BCUT2D eigenvalue weighted by Gasteiger charge is 2.69. The third-order valence-corrected chi connectivity index (χ3v) is 5.03. The molecule has 0 unspecified atom stereocenters. The van der Waals surface area contributed by atoms with Crippen LogP contribution >= 0.6 is 0 Å². The molecule has 3 heterocycles. The van der Waals surface area contributed by atoms with Crippen molar-refractivity contribution >= 4 is 5.97 Å². The van der Waals surface area contributed by atoms with Gasteiger partial charge in [0.2, 0.25) is 0 Å². The van der Waals surface area contributed by atoms with Crippen LogP contribution in [0.2, 0.25) is 0 Å². The summed E-state index contributed by atoms with van der Waals surface area (Å²) in [6.45, 7) is 18.2. The summed E-state index contributed by atoms with van der Waals surface area (Å²) in [5, 5.41) is 0. The number of rotatable bonds is 1. The van der Waals surface area contributed by atoms with Gasteiger partial charge in [-0.2, -0.15) is 0 Å². The molecule has 3 aliphatic heterocycles. The Bertz CT molecular complexity index is 536. The maximum absolute atomic E-state index is 12.3. The fourth-order valence-corrected chi connectivity index (χ4v) is 4.29. The lowest BCUT2D eigenvalue weighted by molar-refractivity contribution is -0.322. The second-order valence-corrected chi connectivity index (χ2v) is 10.3. The van der Waals surface area contributed by atoms with Crippen LogP contribution in [0.5, 0.6) is 0 Å². The standard InChI is InChI=1S/C19H32O6/c1-16(2,3)19(17(4,5)6)24-13-11-10(22-15(13)25-19)12(14(20)21-11)23-18(7,8)9/h10-13,15H,1-9H3/t10-,11-,12-,13+,15+/m0/s1. The van der Waals surface area contributed by atoms with Crippen LogP contribution < -0.4 is 0 Å². The predicted octanol–water partition coefficient (Wildman–Crippen LogP) is 3.02. The van der Waals surface area contributed by atoms with Gasteiger partial charge in [-0.15, -0.1) is 0 Å². The monoisotopic (exact) mass is 356 g/mol. The fourth-order valence-electron chi connectivity index (χ4n) is 4.29. The third kappa shape index (κ3) is 2.91. The van der Waals surface area contributed by atoms with E-state index in [0.717, 1.165) is 0 Å². The molecule has 0 aliphatic carbocycles. The van der Waals surface area contributed by atoms with Gasteiger partial charge in [0.15, 0.2) is 30.4 Å². The highest BCUT2D eigenvalue weighted by molar-refractivity contribution is 5.78. The maximum atomic E-state index is 12.3. The molecule has 3 saturated heterocycles. The average molecular weight is 356 g/mol. The molecule has 3 aliphatic rings. The van der Waals surface area contributed by atoms with E-state index in [2.05, 4.69) is 41.5 Å². The molecule has 0 bridgehead atoms. The molecule has 0 spiro atoms. The Kier molecular flexibility index (Phi) is 4.13. The van der Waals surface area contributed by atoms with Crippen LogP contribution in [0.1, 0.15) is 62.3 Å². The van der Waals surface area contributed by atoms with Gasteiger partial charge in [0.1, 0.15) is 6.10 Å². The normalized spacial score (nSPS) is 37.8. The molecule has 6 nitrogen and oxygen atoms in total. The van der Waals surface area contributed by atoms with E-state index in [1.54, 1.807) is 0 Å². The molecule has 3 rings (SSSR count). The van der Waals surface area contributed by atoms with Crippen LogP contribution in [0.4, 0.5) is 0 Å². The lowest BCUT2D eigenvalue weighted by atomic mass is 9.70. The number of fused-ring (bicyclic) bond motifs is 3. The summed E-state index contributed by atoms with van der Waals surface area (Å²) >= 11 is 0. The van der Waals surface area contributed by atoms with Crippen molar-refractivity contribution in [3.8, 4) is 0 Å². The van der Waals surface area contributed by atoms with E-state index < -0.39 is 48.1 Å². The van der Waals surface area contributed by atoms with Gasteiger partial charge in [0, 0.05) is 10.8 Å². The smallest absolute Gasteiger partial charge is 0.338 e. The zero-order valence-corrected chi connectivity index (χ0v) is 16.8. The van der Waals surface area contributed by atoms with E-state index in [-0.39, 0.29) is 10.8 Å². The predicted molar refractivity (Wildman–Crippen MR) is 90.8 cm³/mol. The van der Waals surface area contributed by atoms with Crippen molar-refractivity contribution in [1.29, 1.82) is 0 Å². The molecule has 25 heavy (non-hydrogen) atoms. The summed E-state index contributed by atoms with van der Waals surface area (Å²) in [6.07, 6.45) is -2.76. The minimum Gasteiger partial charge on any atom is -0.454 e. The zero-order valence-electron chi connectivity index (χ0n) is 16.8. The van der Waals surface area contributed by atoms with Gasteiger partial charge < -0.3 is 23.7 Å². The minimum atomic E-state index is -0.838. The van der Waals surface area contributed by atoms with E-state index in [4.69, 9.17) is 23.7 Å². The van der Waals surface area contributed by atoms with Gasteiger partial charge in [-0.05, 0) is 20.8 Å². The molecule has 5 atom stereocenters. The van der Waals surface area contributed by atoms with Crippen molar-refractivity contribution in [2.24, 2.45) is 10.8 Å². The van der Waals surface area contributed by atoms with Crippen LogP contribution in [-0.2, 0) is 28.5 Å². The second kappa shape index (κ2) is 5.41. The Labute approximate surface area is 150 Å². The van der Waals surface area contributed by atoms with Gasteiger partial charge in [-0.25, -0.2) is 4.79 Å². The maximum Gasteiger partial charge on any atom is 0.338 e. The molecule has 3 fully saturated rings. The summed E-state index contributed by atoms with van der Waals surface area (Å²) in [6, 6.07) is 0. The van der Waals surface area contributed by atoms with E-state index in [0.29, 0.717) is 0 Å². The molecule has 0 saturated carbocycles. The third-order valence-electron chi connectivity index (χ3n) is 5.03. The summed E-state index contributed by atoms with van der Waals surface area (Å²) in [5.74, 6) is -1.23. The SMILES string of the molecule is CC(C)(C)O[C@@H]1C(=O)O[C@@H]2[C@H]3OC(C(C)(C)C)(C(C)(C)C)O[C@H]3O[C@@H]21. The highest BCUT2D eigenvalue weighted by Crippen LogP contribution is 2.56. The summed E-state index contributed by atoms with van der Waals surface area (Å²) in [5.41, 5.74) is -1.03. The summed E-state index contributed by atoms with van der Waals surface area (Å²) in [4.78, 5) is 12.3. The Morgan fingerprint density at radius 3 is 1.88 bits per heavy atom. The zero-order chi connectivity index (χ0) is 19.0. The number of ether oxygens (including phenoxy) is 5. The van der Waals surface area contributed by atoms with Crippen LogP contribution in [0.15, 0.2) is 0 Å². The second-order valence-electron chi connectivity index (χ2n) is 10.3. The first kappa shape index (κ1) is 19.1. The molecular weight excluding hydrogens is 324 g/mol. The quantitative estimate of drug-likeness (QED) is 0.673. The number of hydrogen-bond acceptors (Lipinski definition) is 6. The molecule has 0 aromatic rings. The number of carbonyl (C=O) groups is 1. The van der Waals surface area contributed by atoms with Gasteiger partial charge in [-0.1, -0.05) is 41.5 Å². The van der Waals surface area contributed by atoms with Crippen LogP contribution in [-0.4, -0.2) is 48.1 Å². The Morgan fingerprint density at radius 1 is 0.840 bits per heavy atom. The van der Waals surface area contributed by atoms with Gasteiger partial charge >= 0.3 is 5.97 Å². The Balaban J connectivity index is 1.85. The lowest BCUT2D eigenvalue weighted by Gasteiger charge is -2.49. The largest absolute Gasteiger partial charge is 0.454 e. The molecule has 0 N–H and O–H groups in total. The Morgan fingerprint density at radius 2 is 1.40 bits per heavy atom. The fraction of sp³-hybridized carbons (Fsp3) is 0.947. The van der Waals surface area contributed by atoms with E-state index >= 15 is 0 Å². The molecule has 0 radical (unpaired) electrons. The van der Waals surface area contributed by atoms with Crippen molar-refractivity contribution in [2.75, 3.05) is 0 Å². The topological polar surface area (TPSA) is 63.2 Å². The van der Waals surface area contributed by atoms with E-state index in [1.807, 2.05) is 20.8 Å². The van der Waals surface area contributed by atoms with Crippen LogP contribution in [0.25, 0.3) is 0 Å². The van der Waals surface area contributed by atoms with Crippen molar-refractivity contribution < 1.29 is 28.5 Å². The summed E-state index contributed by atoms with van der Waals surface area (Å²) < 4.78 is 30.3. The molecule has 0 aromatic carbocycles. The molecular formula is C19H32O6. The van der Waals surface area contributed by atoms with Crippen molar-refractivity contribution in [3.05, 3.63) is 0 Å². The van der Waals surface area contributed by atoms with Crippen LogP contribution in [0, 0.1) is 10.8 Å². The average Bonchev–Trinajstić information content (AvgIpc) is 2.97. The van der Waals surface area contributed by atoms with Crippen molar-refractivity contribution in [2.45, 2.75) is 104 Å². The molecule has 144 valence electrons.